The molecule has 3 nitrogen and oxygen atoms in total. The van der Waals surface area contributed by atoms with Gasteiger partial charge < -0.3 is 4.42 Å². The van der Waals surface area contributed by atoms with Gasteiger partial charge in [-0.3, -0.25) is 9.69 Å². The first kappa shape index (κ1) is 19.3. The van der Waals surface area contributed by atoms with Crippen molar-refractivity contribution in [3.05, 3.63) is 92.4 Å². The predicted molar refractivity (Wildman–Crippen MR) is 122 cm³/mol. The minimum absolute atomic E-state index is 0.0238. The van der Waals surface area contributed by atoms with E-state index in [1.54, 1.807) is 6.07 Å². The van der Waals surface area contributed by atoms with Gasteiger partial charge in [0.2, 0.25) is 5.43 Å². The van der Waals surface area contributed by atoms with Gasteiger partial charge in [-0.05, 0) is 74.6 Å². The lowest BCUT2D eigenvalue weighted by Gasteiger charge is -2.21. The number of benzene rings is 2. The molecule has 0 radical (unpaired) electrons. The number of nitrogens with one attached hydrogen (secondary N) is 1. The third-order valence-corrected chi connectivity index (χ3v) is 6.91. The first-order chi connectivity index (χ1) is 14.4. The van der Waals surface area contributed by atoms with Gasteiger partial charge in [-0.2, -0.15) is 0 Å². The van der Waals surface area contributed by atoms with Gasteiger partial charge in [-0.1, -0.05) is 29.8 Å². The van der Waals surface area contributed by atoms with Crippen LogP contribution in [0.1, 0.15) is 43.6 Å². The average Bonchev–Trinajstić information content (AvgIpc) is 2.92. The van der Waals surface area contributed by atoms with Crippen molar-refractivity contribution < 1.29 is 9.32 Å². The van der Waals surface area contributed by atoms with Gasteiger partial charge in [0, 0.05) is 17.2 Å². The molecule has 0 bridgehead atoms. The van der Waals surface area contributed by atoms with Crippen LogP contribution in [0.25, 0.3) is 16.9 Å². The zero-order valence-electron chi connectivity index (χ0n) is 17.5. The van der Waals surface area contributed by atoms with Crippen molar-refractivity contribution in [3.8, 4) is 11.3 Å². The first-order valence-corrected chi connectivity index (χ1v) is 10.9. The summed E-state index contributed by atoms with van der Waals surface area (Å²) in [6.45, 7) is 4.58. The molecule has 2 heterocycles. The number of aryl methyl sites for hydroxylation is 1. The summed E-state index contributed by atoms with van der Waals surface area (Å²) in [5.74, 6) is 1.50. The van der Waals surface area contributed by atoms with Crippen LogP contribution in [0.15, 0.2) is 69.5 Å². The Morgan fingerprint density at radius 1 is 1.10 bits per heavy atom. The molecule has 0 saturated carbocycles. The van der Waals surface area contributed by atoms with Crippen LogP contribution >= 0.6 is 11.6 Å². The Morgan fingerprint density at radius 3 is 2.70 bits per heavy atom. The van der Waals surface area contributed by atoms with Gasteiger partial charge in [0.15, 0.2) is 0 Å². The van der Waals surface area contributed by atoms with Crippen molar-refractivity contribution in [2.75, 3.05) is 7.05 Å². The summed E-state index contributed by atoms with van der Waals surface area (Å²) >= 11 is 6.02. The van der Waals surface area contributed by atoms with Crippen LogP contribution < -0.4 is 10.3 Å². The molecule has 5 rings (SSSR count). The van der Waals surface area contributed by atoms with Crippen LogP contribution in [0.4, 0.5) is 5.69 Å². The fourth-order valence-electron chi connectivity index (χ4n) is 5.01. The van der Waals surface area contributed by atoms with E-state index < -0.39 is 0 Å². The molecule has 1 atom stereocenters. The fraction of sp³-hybridized carbons (Fsp3) is 0.269. The second-order valence-electron chi connectivity index (χ2n) is 8.84. The Morgan fingerprint density at radius 2 is 1.90 bits per heavy atom. The Balaban J connectivity index is 1.60. The van der Waals surface area contributed by atoms with E-state index in [4.69, 9.17) is 16.0 Å². The molecule has 2 aliphatic carbocycles. The van der Waals surface area contributed by atoms with Crippen LogP contribution in [-0.4, -0.2) is 7.05 Å². The zero-order valence-corrected chi connectivity index (χ0v) is 18.3. The molecule has 0 spiro atoms. The lowest BCUT2D eigenvalue weighted by atomic mass is 9.83. The third-order valence-electron chi connectivity index (χ3n) is 6.61. The molecule has 0 aromatic heterocycles. The number of hydrogen-bond donors (Lipinski definition) is 1. The quantitative estimate of drug-likeness (QED) is 0.593. The summed E-state index contributed by atoms with van der Waals surface area (Å²) in [6.07, 6.45) is 7.51. The molecular formula is C26H25ClNO2+. The van der Waals surface area contributed by atoms with E-state index in [-0.39, 0.29) is 15.9 Å². The number of rotatable bonds is 1. The average molecular weight is 419 g/mol. The van der Waals surface area contributed by atoms with Crippen LogP contribution in [0.3, 0.4) is 0 Å². The Bertz CT molecular complexity index is 1250. The number of halogens is 1. The molecule has 0 amide bonds. The monoisotopic (exact) mass is 418 g/mol. The van der Waals surface area contributed by atoms with Crippen molar-refractivity contribution in [2.24, 2.45) is 0 Å². The van der Waals surface area contributed by atoms with Gasteiger partial charge >= 0.3 is 0 Å². The van der Waals surface area contributed by atoms with Crippen molar-refractivity contribution in [1.82, 2.24) is 0 Å². The summed E-state index contributed by atoms with van der Waals surface area (Å²) in [4.78, 5) is 13.3. The van der Waals surface area contributed by atoms with E-state index in [2.05, 4.69) is 63.4 Å². The number of quaternary nitrogens is 1. The van der Waals surface area contributed by atoms with Crippen molar-refractivity contribution in [1.29, 1.82) is 0 Å². The molecule has 152 valence electrons. The smallest absolute Gasteiger partial charge is 0.200 e. The number of fused-ring (bicyclic) bond motifs is 3. The lowest BCUT2D eigenvalue weighted by molar-refractivity contribution is -0.764. The van der Waals surface area contributed by atoms with Crippen LogP contribution in [0.2, 0.25) is 5.02 Å². The highest BCUT2D eigenvalue weighted by Gasteiger charge is 2.43. The highest BCUT2D eigenvalue weighted by molar-refractivity contribution is 6.30. The highest BCUT2D eigenvalue weighted by atomic mass is 35.5. The molecule has 1 aromatic rings. The molecule has 1 aromatic carbocycles. The SMILES string of the molecule is C[NH+]1C(=CC=C2CCCc3cc4cc(Cl)c(=O)cc-4oc32)C(C)(C)c2ccccc21. The molecule has 1 unspecified atom stereocenters. The second-order valence-corrected chi connectivity index (χ2v) is 9.25. The second kappa shape index (κ2) is 6.97. The van der Waals surface area contributed by atoms with Gasteiger partial charge in [-0.25, -0.2) is 0 Å². The molecule has 30 heavy (non-hydrogen) atoms. The van der Waals surface area contributed by atoms with Crippen molar-refractivity contribution >= 4 is 22.9 Å². The van der Waals surface area contributed by atoms with E-state index >= 15 is 0 Å². The van der Waals surface area contributed by atoms with Gasteiger partial charge in [0.25, 0.3) is 0 Å². The largest absolute Gasteiger partial charge is 0.456 e. The summed E-state index contributed by atoms with van der Waals surface area (Å²) in [5.41, 5.74) is 7.09. The number of hydrogen-bond acceptors (Lipinski definition) is 2. The molecule has 4 heteroatoms. The minimum atomic E-state index is -0.202. The molecule has 1 N–H and O–H groups in total. The van der Waals surface area contributed by atoms with E-state index in [1.165, 1.54) is 39.1 Å². The number of allylic oxidation sites excluding steroid dienone is 4. The Kier molecular flexibility index (Phi) is 4.49. The normalized spacial score (nSPS) is 22.5. The van der Waals surface area contributed by atoms with Gasteiger partial charge in [0.1, 0.15) is 22.9 Å². The van der Waals surface area contributed by atoms with Gasteiger partial charge in [0.05, 0.1) is 17.5 Å². The first-order valence-electron chi connectivity index (χ1n) is 10.5. The molecule has 0 saturated heterocycles. The molecular weight excluding hydrogens is 394 g/mol. The van der Waals surface area contributed by atoms with Crippen molar-refractivity contribution in [3.63, 3.8) is 0 Å². The molecule has 4 aliphatic rings. The Hall–Kier alpha value is -2.62. The minimum Gasteiger partial charge on any atom is -0.456 e. The van der Waals surface area contributed by atoms with E-state index in [0.717, 1.165) is 30.6 Å². The standard InChI is InChI=1S/C26H24ClNO2/c1-26(2)19-9-4-5-10-21(19)28(3)24(26)12-11-16-7-6-8-17-13-18-14-20(27)22(29)15-23(18)30-25(16)17/h4-5,9-15H,6-8H2,1-3H3/p+1. The summed E-state index contributed by atoms with van der Waals surface area (Å²) in [6, 6.07) is 14.0. The van der Waals surface area contributed by atoms with Crippen LogP contribution in [-0.2, 0) is 11.8 Å². The fourth-order valence-corrected chi connectivity index (χ4v) is 5.18. The maximum absolute atomic E-state index is 12.0. The van der Waals surface area contributed by atoms with E-state index in [9.17, 15) is 4.79 Å². The van der Waals surface area contributed by atoms with E-state index in [1.807, 2.05) is 0 Å². The highest BCUT2D eigenvalue weighted by Crippen LogP contribution is 2.39. The van der Waals surface area contributed by atoms with Crippen LogP contribution in [0.5, 0.6) is 0 Å². The maximum Gasteiger partial charge on any atom is 0.200 e. The van der Waals surface area contributed by atoms with Gasteiger partial charge in [-0.15, -0.1) is 0 Å². The number of para-hydroxylation sites is 1. The zero-order chi connectivity index (χ0) is 21.0. The summed E-state index contributed by atoms with van der Waals surface area (Å²) in [5, 5.41) is 0.239. The predicted octanol–water partition coefficient (Wildman–Crippen LogP) is 5.14. The summed E-state index contributed by atoms with van der Waals surface area (Å²) in [7, 11) is 2.21. The summed E-state index contributed by atoms with van der Waals surface area (Å²) < 4.78 is 6.23. The van der Waals surface area contributed by atoms with E-state index in [0.29, 0.717) is 5.76 Å². The Labute approximate surface area is 181 Å². The lowest BCUT2D eigenvalue weighted by Crippen LogP contribution is -3.01. The molecule has 2 aliphatic heterocycles. The molecule has 0 fully saturated rings. The third kappa shape index (κ3) is 2.96. The number of likely N-dealkylation sites (N-methyl/N-ethyl adjacent to an activating group) is 1. The maximum atomic E-state index is 12.0. The van der Waals surface area contributed by atoms with Crippen molar-refractivity contribution in [2.45, 2.75) is 38.5 Å². The van der Waals surface area contributed by atoms with Crippen LogP contribution in [0, 0.1) is 0 Å². The topological polar surface area (TPSA) is 34.7 Å².